The van der Waals surface area contributed by atoms with Gasteiger partial charge < -0.3 is 4.65 Å². The summed E-state index contributed by atoms with van der Waals surface area (Å²) in [6.45, 7) is 4.45. The third kappa shape index (κ3) is 5.53. The summed E-state index contributed by atoms with van der Waals surface area (Å²) < 4.78 is 4.41. The SMILES string of the molecule is CC(C)BOC=O. The second-order valence-electron chi connectivity index (χ2n) is 1.82. The number of carbonyl (C=O) groups is 1. The molecule has 0 aliphatic carbocycles. The zero-order valence-corrected chi connectivity index (χ0v) is 4.68. The first kappa shape index (κ1) is 6.53. The van der Waals surface area contributed by atoms with Crippen LogP contribution < -0.4 is 0 Å². The lowest BCUT2D eigenvalue weighted by Crippen LogP contribution is -1.99. The first-order valence-corrected chi connectivity index (χ1v) is 2.32. The third-order valence-electron chi connectivity index (χ3n) is 0.498. The lowest BCUT2D eigenvalue weighted by molar-refractivity contribution is -0.120. The van der Waals surface area contributed by atoms with E-state index in [-0.39, 0.29) is 0 Å². The molecule has 0 unspecified atom stereocenters. The minimum atomic E-state index is 0.449. The van der Waals surface area contributed by atoms with E-state index in [1.807, 2.05) is 13.8 Å². The van der Waals surface area contributed by atoms with Gasteiger partial charge in [0.25, 0.3) is 6.47 Å². The van der Waals surface area contributed by atoms with Crippen LogP contribution in [0.1, 0.15) is 13.8 Å². The summed E-state index contributed by atoms with van der Waals surface area (Å²) in [6.07, 6.45) is 0. The van der Waals surface area contributed by atoms with Crippen LogP contribution in [-0.2, 0) is 9.45 Å². The minimum Gasteiger partial charge on any atom is -0.542 e. The maximum Gasteiger partial charge on any atom is 0.346 e. The summed E-state index contributed by atoms with van der Waals surface area (Å²) in [5.41, 5.74) is 0. The van der Waals surface area contributed by atoms with E-state index in [4.69, 9.17) is 0 Å². The normalized spacial score (nSPS) is 8.43. The molecule has 0 saturated heterocycles. The molecule has 0 bridgehead atoms. The van der Waals surface area contributed by atoms with E-state index >= 15 is 0 Å². The van der Waals surface area contributed by atoms with Crippen molar-refractivity contribution in [1.29, 1.82) is 0 Å². The van der Waals surface area contributed by atoms with Crippen LogP contribution in [-0.4, -0.2) is 14.0 Å². The van der Waals surface area contributed by atoms with E-state index in [1.54, 1.807) is 0 Å². The van der Waals surface area contributed by atoms with E-state index in [0.29, 0.717) is 19.8 Å². The average Bonchev–Trinajstić information content (AvgIpc) is 1.61. The van der Waals surface area contributed by atoms with Crippen LogP contribution in [0.2, 0.25) is 5.82 Å². The Bertz CT molecular complexity index is 53.7. The summed E-state index contributed by atoms with van der Waals surface area (Å²) in [7, 11) is 0.531. The van der Waals surface area contributed by atoms with Crippen molar-refractivity contribution in [3.05, 3.63) is 0 Å². The molecule has 0 N–H and O–H groups in total. The van der Waals surface area contributed by atoms with E-state index in [9.17, 15) is 4.79 Å². The van der Waals surface area contributed by atoms with Gasteiger partial charge in [0, 0.05) is 0 Å². The van der Waals surface area contributed by atoms with Crippen molar-refractivity contribution in [2.24, 2.45) is 0 Å². The first-order valence-electron chi connectivity index (χ1n) is 2.32. The number of hydrogen-bond acceptors (Lipinski definition) is 2. The van der Waals surface area contributed by atoms with Crippen LogP contribution in [0.25, 0.3) is 0 Å². The van der Waals surface area contributed by atoms with Gasteiger partial charge in [0.05, 0.1) is 0 Å². The van der Waals surface area contributed by atoms with Gasteiger partial charge in [-0.05, 0) is 5.82 Å². The van der Waals surface area contributed by atoms with Crippen molar-refractivity contribution in [2.75, 3.05) is 0 Å². The molecule has 0 aromatic heterocycles. The van der Waals surface area contributed by atoms with E-state index in [0.717, 1.165) is 0 Å². The molecule has 0 heterocycles. The van der Waals surface area contributed by atoms with Gasteiger partial charge in [0.1, 0.15) is 0 Å². The van der Waals surface area contributed by atoms with E-state index in [1.165, 1.54) is 0 Å². The van der Waals surface area contributed by atoms with Crippen molar-refractivity contribution in [2.45, 2.75) is 19.7 Å². The molecule has 0 aromatic rings. The summed E-state index contributed by atoms with van der Waals surface area (Å²) >= 11 is 0. The maximum absolute atomic E-state index is 9.49. The highest BCUT2D eigenvalue weighted by Crippen LogP contribution is 1.94. The molecule has 7 heavy (non-hydrogen) atoms. The van der Waals surface area contributed by atoms with Gasteiger partial charge in [-0.15, -0.1) is 0 Å². The predicted octanol–water partition coefficient (Wildman–Crippen LogP) is 0.339. The Balaban J connectivity index is 2.81. The molecule has 3 heteroatoms. The topological polar surface area (TPSA) is 26.3 Å². The number of hydrogen-bond donors (Lipinski definition) is 0. The molecule has 2 nitrogen and oxygen atoms in total. The molecule has 0 rings (SSSR count). The fourth-order valence-corrected chi connectivity index (χ4v) is 0.232. The Labute approximate surface area is 44.1 Å². The van der Waals surface area contributed by atoms with Gasteiger partial charge in [0.15, 0.2) is 0 Å². The Morgan fingerprint density at radius 2 is 2.29 bits per heavy atom. The molecule has 40 valence electrons. The highest BCUT2D eigenvalue weighted by molar-refractivity contribution is 6.31. The standard InChI is InChI=1S/C4H9BO2/c1-4(2)5-7-3-6/h3-5H,1-2H3. The second-order valence-corrected chi connectivity index (χ2v) is 1.82. The largest absolute Gasteiger partial charge is 0.542 e. The van der Waals surface area contributed by atoms with E-state index < -0.39 is 0 Å². The fraction of sp³-hybridized carbons (Fsp3) is 0.750. The molecule has 0 saturated carbocycles. The van der Waals surface area contributed by atoms with Crippen molar-refractivity contribution in [3.63, 3.8) is 0 Å². The smallest absolute Gasteiger partial charge is 0.346 e. The molecule has 0 atom stereocenters. The molecular weight excluding hydrogens is 90.9 g/mol. The first-order chi connectivity index (χ1) is 3.27. The van der Waals surface area contributed by atoms with Crippen molar-refractivity contribution in [1.82, 2.24) is 0 Å². The molecule has 0 fully saturated rings. The van der Waals surface area contributed by atoms with Gasteiger partial charge in [-0.3, -0.25) is 4.79 Å². The minimum absolute atomic E-state index is 0.449. The van der Waals surface area contributed by atoms with Crippen molar-refractivity contribution in [3.8, 4) is 0 Å². The van der Waals surface area contributed by atoms with Crippen molar-refractivity contribution >= 4 is 14.0 Å². The summed E-state index contributed by atoms with van der Waals surface area (Å²) in [6, 6.07) is 0. The highest BCUT2D eigenvalue weighted by Gasteiger charge is 1.94. The van der Waals surface area contributed by atoms with Crippen LogP contribution in [0.5, 0.6) is 0 Å². The summed E-state index contributed by atoms with van der Waals surface area (Å²) in [4.78, 5) is 9.49. The van der Waals surface area contributed by atoms with Crippen LogP contribution >= 0.6 is 0 Å². The lowest BCUT2D eigenvalue weighted by Gasteiger charge is -1.95. The van der Waals surface area contributed by atoms with Crippen molar-refractivity contribution < 1.29 is 9.45 Å². The Morgan fingerprint density at radius 3 is 2.43 bits per heavy atom. The molecule has 0 spiro atoms. The zero-order chi connectivity index (χ0) is 5.70. The van der Waals surface area contributed by atoms with Gasteiger partial charge in [-0.1, -0.05) is 13.8 Å². The van der Waals surface area contributed by atoms with Crippen LogP contribution in [0, 0.1) is 0 Å². The third-order valence-corrected chi connectivity index (χ3v) is 0.498. The summed E-state index contributed by atoms with van der Waals surface area (Å²) in [5, 5.41) is 0. The van der Waals surface area contributed by atoms with Crippen LogP contribution in [0.4, 0.5) is 0 Å². The fourth-order valence-electron chi connectivity index (χ4n) is 0.232. The zero-order valence-electron chi connectivity index (χ0n) is 4.68. The Kier molecular flexibility index (Phi) is 3.47. The molecule has 0 radical (unpaired) electrons. The Morgan fingerprint density at radius 1 is 1.71 bits per heavy atom. The molecule has 0 aliphatic heterocycles. The molecule has 0 aliphatic rings. The highest BCUT2D eigenvalue weighted by atomic mass is 16.5. The van der Waals surface area contributed by atoms with Gasteiger partial charge in [0.2, 0.25) is 0 Å². The quantitative estimate of drug-likeness (QED) is 0.377. The molecular formula is C4H9BO2. The monoisotopic (exact) mass is 100 g/mol. The molecule has 0 amide bonds. The predicted molar refractivity (Wildman–Crippen MR) is 29.4 cm³/mol. The summed E-state index contributed by atoms with van der Waals surface area (Å²) in [5.74, 6) is 0.449. The number of carbonyl (C=O) groups excluding carboxylic acids is 1. The van der Waals surface area contributed by atoms with Gasteiger partial charge >= 0.3 is 7.48 Å². The average molecular weight is 99.9 g/mol. The maximum atomic E-state index is 9.49. The van der Waals surface area contributed by atoms with Gasteiger partial charge in [-0.25, -0.2) is 0 Å². The van der Waals surface area contributed by atoms with Gasteiger partial charge in [-0.2, -0.15) is 0 Å². The Hall–Kier alpha value is -0.465. The van der Waals surface area contributed by atoms with Crippen LogP contribution in [0.15, 0.2) is 0 Å². The second kappa shape index (κ2) is 3.72. The lowest BCUT2D eigenvalue weighted by atomic mass is 9.84. The molecule has 0 aromatic carbocycles. The van der Waals surface area contributed by atoms with Crippen LogP contribution in [0.3, 0.4) is 0 Å². The van der Waals surface area contributed by atoms with E-state index in [2.05, 4.69) is 4.65 Å². The number of rotatable bonds is 3.